The Morgan fingerprint density at radius 2 is 1.80 bits per heavy atom. The van der Waals surface area contributed by atoms with Crippen LogP contribution >= 0.6 is 11.8 Å². The van der Waals surface area contributed by atoms with Crippen LogP contribution in [0.25, 0.3) is 0 Å². The Morgan fingerprint density at radius 3 is 2.40 bits per heavy atom. The number of rotatable bonds is 8. The van der Waals surface area contributed by atoms with Crippen molar-refractivity contribution in [2.45, 2.75) is 19.3 Å². The summed E-state index contributed by atoms with van der Waals surface area (Å²) < 4.78 is 5.04. The summed E-state index contributed by atoms with van der Waals surface area (Å²) in [6.45, 7) is 2.38. The van der Waals surface area contributed by atoms with Crippen molar-refractivity contribution in [3.63, 3.8) is 0 Å². The first-order valence-electron chi connectivity index (χ1n) is 7.87. The monoisotopic (exact) mass is 359 g/mol. The largest absolute Gasteiger partial charge is 0.478 e. The number of carboxylic acids is 1. The van der Waals surface area contributed by atoms with Crippen LogP contribution in [0, 0.1) is 0 Å². The lowest BCUT2D eigenvalue weighted by atomic mass is 10.1. The number of aromatic carboxylic acids is 1. The number of ether oxygens (including phenoxy) is 1. The first-order chi connectivity index (χ1) is 12.0. The number of hydrogen-bond donors (Lipinski definition) is 2. The van der Waals surface area contributed by atoms with Gasteiger partial charge in [-0.05, 0) is 47.2 Å². The van der Waals surface area contributed by atoms with Gasteiger partial charge in [-0.3, -0.25) is 4.79 Å². The zero-order chi connectivity index (χ0) is 18.2. The van der Waals surface area contributed by atoms with Gasteiger partial charge in [0.25, 0.3) is 5.91 Å². The molecule has 0 unspecified atom stereocenters. The predicted octanol–water partition coefficient (Wildman–Crippen LogP) is 4.04. The van der Waals surface area contributed by atoms with Gasteiger partial charge in [-0.25, -0.2) is 4.79 Å². The van der Waals surface area contributed by atoms with Crippen LogP contribution in [0.2, 0.25) is 0 Å². The molecule has 0 aliphatic rings. The van der Waals surface area contributed by atoms with E-state index in [0.29, 0.717) is 16.8 Å². The highest BCUT2D eigenvalue weighted by Gasteiger charge is 2.11. The third-order valence-electron chi connectivity index (χ3n) is 3.50. The van der Waals surface area contributed by atoms with Gasteiger partial charge in [0.2, 0.25) is 0 Å². The van der Waals surface area contributed by atoms with Gasteiger partial charge >= 0.3 is 5.97 Å². The third-order valence-corrected chi connectivity index (χ3v) is 4.44. The molecule has 0 atom stereocenters. The zero-order valence-corrected chi connectivity index (χ0v) is 15.1. The van der Waals surface area contributed by atoms with Crippen molar-refractivity contribution in [2.75, 3.05) is 18.2 Å². The second-order valence-corrected chi connectivity index (χ2v) is 6.72. The number of carbonyl (C=O) groups excluding carboxylic acids is 1. The number of methoxy groups -OCH3 is 1. The highest BCUT2D eigenvalue weighted by atomic mass is 32.2. The van der Waals surface area contributed by atoms with Crippen LogP contribution < -0.4 is 5.32 Å². The number of carboxylic acid groups (broad SMARTS) is 1. The predicted molar refractivity (Wildman–Crippen MR) is 100 cm³/mol. The van der Waals surface area contributed by atoms with Crippen molar-refractivity contribution < 1.29 is 19.4 Å². The summed E-state index contributed by atoms with van der Waals surface area (Å²) in [5, 5.41) is 12.0. The molecule has 0 heterocycles. The maximum atomic E-state index is 12.4. The molecule has 0 bridgehead atoms. The van der Waals surface area contributed by atoms with Crippen LogP contribution in [0.1, 0.15) is 38.8 Å². The molecule has 6 heteroatoms. The topological polar surface area (TPSA) is 75.6 Å². The van der Waals surface area contributed by atoms with Crippen molar-refractivity contribution >= 4 is 29.3 Å². The maximum absolute atomic E-state index is 12.4. The summed E-state index contributed by atoms with van der Waals surface area (Å²) >= 11 is 1.82. The van der Waals surface area contributed by atoms with Crippen LogP contribution in [-0.4, -0.2) is 29.8 Å². The van der Waals surface area contributed by atoms with Gasteiger partial charge in [0.05, 0.1) is 12.2 Å². The number of anilines is 1. The van der Waals surface area contributed by atoms with Gasteiger partial charge in [0.1, 0.15) is 0 Å². The van der Waals surface area contributed by atoms with E-state index in [9.17, 15) is 14.7 Å². The lowest BCUT2D eigenvalue weighted by Crippen LogP contribution is -2.13. The van der Waals surface area contributed by atoms with Crippen LogP contribution in [-0.2, 0) is 17.1 Å². The molecule has 132 valence electrons. The molecule has 0 spiro atoms. The third kappa shape index (κ3) is 5.62. The fraction of sp³-hybridized carbons (Fsp3) is 0.263. The van der Waals surface area contributed by atoms with Crippen molar-refractivity contribution in [2.24, 2.45) is 0 Å². The SMILES string of the molecule is CCSCc1ccc(C(=O)Nc2cc(COC)cc(C(=O)O)c2)cc1. The summed E-state index contributed by atoms with van der Waals surface area (Å²) in [5.41, 5.74) is 2.92. The number of nitrogens with one attached hydrogen (secondary N) is 1. The minimum atomic E-state index is -1.05. The number of carbonyl (C=O) groups is 2. The standard InChI is InChI=1S/C19H21NO4S/c1-3-25-12-13-4-6-15(7-5-13)18(21)20-17-9-14(11-24-2)8-16(10-17)19(22)23/h4-10H,3,11-12H2,1-2H3,(H,20,21)(H,22,23). The first kappa shape index (κ1) is 19.0. The summed E-state index contributed by atoms with van der Waals surface area (Å²) in [7, 11) is 1.53. The fourth-order valence-electron chi connectivity index (χ4n) is 2.31. The number of amides is 1. The van der Waals surface area contributed by atoms with Crippen molar-refractivity contribution in [3.8, 4) is 0 Å². The molecular formula is C19H21NO4S. The average molecular weight is 359 g/mol. The van der Waals surface area contributed by atoms with E-state index in [2.05, 4.69) is 12.2 Å². The quantitative estimate of drug-likeness (QED) is 0.744. The van der Waals surface area contributed by atoms with E-state index in [1.54, 1.807) is 18.2 Å². The Hall–Kier alpha value is -2.31. The van der Waals surface area contributed by atoms with E-state index < -0.39 is 5.97 Å². The molecule has 2 aromatic rings. The molecule has 0 aliphatic carbocycles. The second kappa shape index (κ2) is 9.25. The van der Waals surface area contributed by atoms with Crippen molar-refractivity contribution in [1.82, 2.24) is 0 Å². The second-order valence-electron chi connectivity index (χ2n) is 5.44. The minimum Gasteiger partial charge on any atom is -0.478 e. The van der Waals surface area contributed by atoms with Crippen molar-refractivity contribution in [3.05, 3.63) is 64.7 Å². The maximum Gasteiger partial charge on any atom is 0.335 e. The summed E-state index contributed by atoms with van der Waals surface area (Å²) in [5.74, 6) is 0.637. The fourth-order valence-corrected chi connectivity index (χ4v) is 2.95. The molecule has 1 amide bonds. The van der Waals surface area contributed by atoms with Gasteiger partial charge in [0.15, 0.2) is 0 Å². The molecular weight excluding hydrogens is 338 g/mol. The average Bonchev–Trinajstić information content (AvgIpc) is 2.60. The Kier molecular flexibility index (Phi) is 7.03. The van der Waals surface area contributed by atoms with Gasteiger partial charge < -0.3 is 15.2 Å². The normalized spacial score (nSPS) is 10.5. The Balaban J connectivity index is 2.14. The summed E-state index contributed by atoms with van der Waals surface area (Å²) in [4.78, 5) is 23.6. The molecule has 2 N–H and O–H groups in total. The zero-order valence-electron chi connectivity index (χ0n) is 14.2. The Labute approximate surface area is 151 Å². The smallest absolute Gasteiger partial charge is 0.335 e. The Bertz CT molecular complexity index is 744. The van der Waals surface area contributed by atoms with Gasteiger partial charge in [-0.1, -0.05) is 19.1 Å². The molecule has 0 aliphatic heterocycles. The summed E-state index contributed by atoms with van der Waals surface area (Å²) in [6.07, 6.45) is 0. The number of hydrogen-bond acceptors (Lipinski definition) is 4. The van der Waals surface area contributed by atoms with E-state index in [0.717, 1.165) is 11.5 Å². The number of benzene rings is 2. The lowest BCUT2D eigenvalue weighted by Gasteiger charge is -2.10. The molecule has 0 fully saturated rings. The van der Waals surface area contributed by atoms with Crippen LogP contribution in [0.5, 0.6) is 0 Å². The Morgan fingerprint density at radius 1 is 1.08 bits per heavy atom. The van der Waals surface area contributed by atoms with E-state index in [-0.39, 0.29) is 18.1 Å². The minimum absolute atomic E-state index is 0.108. The molecule has 0 saturated carbocycles. The highest BCUT2D eigenvalue weighted by molar-refractivity contribution is 7.98. The molecule has 5 nitrogen and oxygen atoms in total. The number of thioether (sulfide) groups is 1. The lowest BCUT2D eigenvalue weighted by molar-refractivity contribution is 0.0696. The molecule has 2 rings (SSSR count). The molecule has 0 saturated heterocycles. The van der Waals surface area contributed by atoms with Gasteiger partial charge in [-0.2, -0.15) is 11.8 Å². The van der Waals surface area contributed by atoms with Crippen molar-refractivity contribution in [1.29, 1.82) is 0 Å². The summed E-state index contributed by atoms with van der Waals surface area (Å²) in [6, 6.07) is 12.1. The molecule has 25 heavy (non-hydrogen) atoms. The van der Waals surface area contributed by atoms with E-state index in [1.807, 2.05) is 23.9 Å². The van der Waals surface area contributed by atoms with E-state index >= 15 is 0 Å². The van der Waals surface area contributed by atoms with Gasteiger partial charge in [0, 0.05) is 24.1 Å². The molecule has 0 aromatic heterocycles. The van der Waals surface area contributed by atoms with Crippen LogP contribution in [0.3, 0.4) is 0 Å². The van der Waals surface area contributed by atoms with Crippen LogP contribution in [0.4, 0.5) is 5.69 Å². The van der Waals surface area contributed by atoms with E-state index in [1.165, 1.54) is 24.8 Å². The first-order valence-corrected chi connectivity index (χ1v) is 9.03. The van der Waals surface area contributed by atoms with Crippen LogP contribution in [0.15, 0.2) is 42.5 Å². The molecule has 0 radical (unpaired) electrons. The van der Waals surface area contributed by atoms with Gasteiger partial charge in [-0.15, -0.1) is 0 Å². The van der Waals surface area contributed by atoms with E-state index in [4.69, 9.17) is 4.74 Å². The highest BCUT2D eigenvalue weighted by Crippen LogP contribution is 2.18. The molecule has 2 aromatic carbocycles.